The molecule has 0 radical (unpaired) electrons. The van der Waals surface area contributed by atoms with E-state index < -0.39 is 0 Å². The Labute approximate surface area is 142 Å². The van der Waals surface area contributed by atoms with Crippen molar-refractivity contribution in [3.8, 4) is 11.5 Å². The number of carbonyl (C=O) groups is 1. The van der Waals surface area contributed by atoms with Gasteiger partial charge in [0.05, 0.1) is 5.56 Å². The molecule has 24 heavy (non-hydrogen) atoms. The average Bonchev–Trinajstić information content (AvgIpc) is 2.63. The van der Waals surface area contributed by atoms with Crippen LogP contribution in [0.5, 0.6) is 11.5 Å². The number of hydrogen-bond acceptors (Lipinski definition) is 2. The van der Waals surface area contributed by atoms with E-state index in [1.807, 2.05) is 91.9 Å². The van der Waals surface area contributed by atoms with Crippen molar-refractivity contribution < 1.29 is 9.53 Å². The molecular formula is C22H18O2. The van der Waals surface area contributed by atoms with Gasteiger partial charge in [-0.25, -0.2) is 0 Å². The topological polar surface area (TPSA) is 26.3 Å². The number of benzene rings is 3. The third-order valence-corrected chi connectivity index (χ3v) is 3.65. The van der Waals surface area contributed by atoms with E-state index >= 15 is 0 Å². The van der Waals surface area contributed by atoms with Crippen LogP contribution in [0.2, 0.25) is 0 Å². The van der Waals surface area contributed by atoms with Gasteiger partial charge < -0.3 is 4.74 Å². The molecule has 0 heterocycles. The Morgan fingerprint density at radius 3 is 2.17 bits per heavy atom. The zero-order valence-electron chi connectivity index (χ0n) is 13.5. The first-order valence-electron chi connectivity index (χ1n) is 7.88. The Bertz CT molecular complexity index is 864. The lowest BCUT2D eigenvalue weighted by Gasteiger charge is -2.11. The Morgan fingerprint density at radius 2 is 1.42 bits per heavy atom. The molecule has 0 N–H and O–H groups in total. The third-order valence-electron chi connectivity index (χ3n) is 3.65. The summed E-state index contributed by atoms with van der Waals surface area (Å²) in [6.07, 6.45) is 3.87. The van der Waals surface area contributed by atoms with E-state index in [-0.39, 0.29) is 5.78 Å². The summed E-state index contributed by atoms with van der Waals surface area (Å²) < 4.78 is 5.91. The maximum atomic E-state index is 13.0. The fraction of sp³-hybridized carbons (Fsp3) is 0.0455. The maximum Gasteiger partial charge on any atom is 0.197 e. The van der Waals surface area contributed by atoms with Gasteiger partial charge in [-0.15, -0.1) is 0 Å². The molecule has 0 unspecified atom stereocenters. The first-order valence-corrected chi connectivity index (χ1v) is 7.88. The number of hydrogen-bond donors (Lipinski definition) is 0. The fourth-order valence-corrected chi connectivity index (χ4v) is 2.53. The number of rotatable bonds is 5. The fourth-order valence-electron chi connectivity index (χ4n) is 2.53. The van der Waals surface area contributed by atoms with Gasteiger partial charge in [0.15, 0.2) is 5.78 Å². The van der Waals surface area contributed by atoms with E-state index in [1.54, 1.807) is 6.07 Å². The van der Waals surface area contributed by atoms with Gasteiger partial charge in [-0.2, -0.15) is 0 Å². The molecule has 0 fully saturated rings. The zero-order chi connectivity index (χ0) is 16.8. The highest BCUT2D eigenvalue weighted by Crippen LogP contribution is 2.28. The largest absolute Gasteiger partial charge is 0.457 e. The molecule has 0 spiro atoms. The van der Waals surface area contributed by atoms with Crippen molar-refractivity contribution in [1.82, 2.24) is 0 Å². The van der Waals surface area contributed by atoms with Crippen LogP contribution in [0.1, 0.15) is 28.4 Å². The van der Waals surface area contributed by atoms with Crippen LogP contribution in [0.3, 0.4) is 0 Å². The molecule has 2 heteroatoms. The van der Waals surface area contributed by atoms with Crippen molar-refractivity contribution in [2.24, 2.45) is 0 Å². The number of carbonyl (C=O) groups excluding carboxylic acids is 1. The van der Waals surface area contributed by atoms with Crippen molar-refractivity contribution in [2.45, 2.75) is 6.92 Å². The zero-order valence-corrected chi connectivity index (χ0v) is 13.5. The SMILES string of the molecule is CC=Cc1ccccc1C(=O)c1ccccc1Oc1ccccc1. The Kier molecular flexibility index (Phi) is 4.87. The second-order valence-electron chi connectivity index (χ2n) is 5.33. The number of ether oxygens (including phenoxy) is 1. The van der Waals surface area contributed by atoms with Crippen LogP contribution < -0.4 is 4.74 Å². The second-order valence-corrected chi connectivity index (χ2v) is 5.33. The van der Waals surface area contributed by atoms with Crippen LogP contribution in [0.25, 0.3) is 6.08 Å². The van der Waals surface area contributed by atoms with Crippen molar-refractivity contribution in [2.75, 3.05) is 0 Å². The highest BCUT2D eigenvalue weighted by atomic mass is 16.5. The van der Waals surface area contributed by atoms with Crippen LogP contribution in [0.15, 0.2) is 84.9 Å². The summed E-state index contributed by atoms with van der Waals surface area (Å²) in [5.74, 6) is 1.22. The van der Waals surface area contributed by atoms with Gasteiger partial charge >= 0.3 is 0 Å². The molecule has 0 saturated carbocycles. The molecule has 0 aliphatic heterocycles. The normalized spacial score (nSPS) is 10.7. The molecule has 0 bridgehead atoms. The van der Waals surface area contributed by atoms with E-state index in [0.29, 0.717) is 22.6 Å². The Balaban J connectivity index is 2.00. The standard InChI is InChI=1S/C22H18O2/c1-2-10-17-11-6-7-14-19(17)22(23)20-15-8-9-16-21(20)24-18-12-4-3-5-13-18/h2-16H,1H3. The van der Waals surface area contributed by atoms with Crippen molar-refractivity contribution >= 4 is 11.9 Å². The minimum Gasteiger partial charge on any atom is -0.457 e. The van der Waals surface area contributed by atoms with Gasteiger partial charge in [-0.3, -0.25) is 4.79 Å². The molecule has 118 valence electrons. The van der Waals surface area contributed by atoms with E-state index in [0.717, 1.165) is 5.56 Å². The summed E-state index contributed by atoms with van der Waals surface area (Å²) in [5.41, 5.74) is 2.12. The van der Waals surface area contributed by atoms with Gasteiger partial charge in [-0.05, 0) is 36.8 Å². The summed E-state index contributed by atoms with van der Waals surface area (Å²) in [7, 11) is 0. The second kappa shape index (κ2) is 7.42. The van der Waals surface area contributed by atoms with E-state index in [2.05, 4.69) is 0 Å². The van der Waals surface area contributed by atoms with E-state index in [1.165, 1.54) is 0 Å². The summed E-state index contributed by atoms with van der Waals surface area (Å²) in [5, 5.41) is 0. The molecule has 0 aromatic heterocycles. The van der Waals surface area contributed by atoms with Gasteiger partial charge in [0.2, 0.25) is 0 Å². The molecule has 0 aliphatic carbocycles. The number of ketones is 1. The highest BCUT2D eigenvalue weighted by Gasteiger charge is 2.16. The predicted molar refractivity (Wildman–Crippen MR) is 97.5 cm³/mol. The van der Waals surface area contributed by atoms with Crippen LogP contribution in [0, 0.1) is 0 Å². The summed E-state index contributed by atoms with van der Waals surface area (Å²) >= 11 is 0. The summed E-state index contributed by atoms with van der Waals surface area (Å²) in [6, 6.07) is 24.4. The molecular weight excluding hydrogens is 296 g/mol. The monoisotopic (exact) mass is 314 g/mol. The predicted octanol–water partition coefficient (Wildman–Crippen LogP) is 5.74. The Hall–Kier alpha value is -3.13. The molecule has 3 aromatic carbocycles. The van der Waals surface area contributed by atoms with Crippen LogP contribution in [0.4, 0.5) is 0 Å². The number of allylic oxidation sites excluding steroid dienone is 1. The lowest BCUT2D eigenvalue weighted by molar-refractivity contribution is 0.103. The number of para-hydroxylation sites is 2. The lowest BCUT2D eigenvalue weighted by atomic mass is 9.97. The minimum atomic E-state index is -0.0461. The van der Waals surface area contributed by atoms with Crippen molar-refractivity contribution in [1.29, 1.82) is 0 Å². The molecule has 0 atom stereocenters. The summed E-state index contributed by atoms with van der Waals surface area (Å²) in [6.45, 7) is 1.94. The van der Waals surface area contributed by atoms with Gasteiger partial charge in [0.1, 0.15) is 11.5 Å². The highest BCUT2D eigenvalue weighted by molar-refractivity contribution is 6.12. The van der Waals surface area contributed by atoms with Crippen molar-refractivity contribution in [3.05, 3.63) is 102 Å². The molecule has 3 aromatic rings. The quantitative estimate of drug-likeness (QED) is 0.561. The van der Waals surface area contributed by atoms with E-state index in [9.17, 15) is 4.79 Å². The smallest absolute Gasteiger partial charge is 0.197 e. The maximum absolute atomic E-state index is 13.0. The van der Waals surface area contributed by atoms with Gasteiger partial charge in [0, 0.05) is 5.56 Å². The Morgan fingerprint density at radius 1 is 0.792 bits per heavy atom. The minimum absolute atomic E-state index is 0.0461. The van der Waals surface area contributed by atoms with E-state index in [4.69, 9.17) is 4.74 Å². The third kappa shape index (κ3) is 3.44. The lowest BCUT2D eigenvalue weighted by Crippen LogP contribution is -2.05. The van der Waals surface area contributed by atoms with Gasteiger partial charge in [0.25, 0.3) is 0 Å². The molecule has 0 saturated heterocycles. The van der Waals surface area contributed by atoms with Crippen LogP contribution in [-0.2, 0) is 0 Å². The molecule has 0 amide bonds. The van der Waals surface area contributed by atoms with Crippen LogP contribution >= 0.6 is 0 Å². The first kappa shape index (κ1) is 15.8. The van der Waals surface area contributed by atoms with Crippen molar-refractivity contribution in [3.63, 3.8) is 0 Å². The molecule has 2 nitrogen and oxygen atoms in total. The summed E-state index contributed by atoms with van der Waals surface area (Å²) in [4.78, 5) is 13.0. The average molecular weight is 314 g/mol. The van der Waals surface area contributed by atoms with Crippen LogP contribution in [-0.4, -0.2) is 5.78 Å². The van der Waals surface area contributed by atoms with Gasteiger partial charge in [-0.1, -0.05) is 66.7 Å². The molecule has 3 rings (SSSR count). The molecule has 0 aliphatic rings. The first-order chi connectivity index (χ1) is 11.8.